The average molecular weight is 414 g/mol. The van der Waals surface area contributed by atoms with Crippen molar-refractivity contribution in [2.24, 2.45) is 0 Å². The van der Waals surface area contributed by atoms with Crippen molar-refractivity contribution in [3.8, 4) is 11.4 Å². The van der Waals surface area contributed by atoms with Gasteiger partial charge in [-0.25, -0.2) is 15.0 Å². The van der Waals surface area contributed by atoms with Gasteiger partial charge in [0.05, 0.1) is 22.9 Å². The SMILES string of the molecule is Cc1nc(-c2ccc(Cl)cc2)nc2sc3c(=O)n(CCCN(C)C)cnc3c12. The van der Waals surface area contributed by atoms with Crippen molar-refractivity contribution < 1.29 is 0 Å². The molecule has 4 rings (SSSR count). The molecule has 28 heavy (non-hydrogen) atoms. The fourth-order valence-electron chi connectivity index (χ4n) is 3.17. The van der Waals surface area contributed by atoms with E-state index in [0.29, 0.717) is 27.6 Å². The van der Waals surface area contributed by atoms with Crippen LogP contribution in [0.2, 0.25) is 5.02 Å². The maximum Gasteiger partial charge on any atom is 0.271 e. The molecule has 0 fully saturated rings. The molecule has 0 saturated carbocycles. The summed E-state index contributed by atoms with van der Waals surface area (Å²) in [5, 5.41) is 1.53. The molecule has 0 unspecified atom stereocenters. The minimum absolute atomic E-state index is 0.0146. The highest BCUT2D eigenvalue weighted by atomic mass is 35.5. The highest BCUT2D eigenvalue weighted by molar-refractivity contribution is 7.25. The maximum atomic E-state index is 12.9. The Balaban J connectivity index is 1.80. The molecular weight excluding hydrogens is 394 g/mol. The van der Waals surface area contributed by atoms with E-state index in [-0.39, 0.29) is 5.56 Å². The molecule has 0 aliphatic heterocycles. The van der Waals surface area contributed by atoms with Gasteiger partial charge in [0.1, 0.15) is 9.53 Å². The Morgan fingerprint density at radius 1 is 1.18 bits per heavy atom. The molecule has 3 heterocycles. The molecule has 0 spiro atoms. The molecule has 0 atom stereocenters. The van der Waals surface area contributed by atoms with E-state index in [1.807, 2.05) is 45.3 Å². The monoisotopic (exact) mass is 413 g/mol. The summed E-state index contributed by atoms with van der Waals surface area (Å²) in [5.41, 5.74) is 2.38. The van der Waals surface area contributed by atoms with Crippen LogP contribution < -0.4 is 5.56 Å². The number of aromatic nitrogens is 4. The van der Waals surface area contributed by atoms with Crippen LogP contribution in [0.25, 0.3) is 31.8 Å². The van der Waals surface area contributed by atoms with Crippen molar-refractivity contribution in [2.45, 2.75) is 19.9 Å². The predicted octanol–water partition coefficient (Wildman–Crippen LogP) is 3.98. The molecule has 4 aromatic rings. The van der Waals surface area contributed by atoms with Gasteiger partial charge < -0.3 is 4.90 Å². The quantitative estimate of drug-likeness (QED) is 0.495. The summed E-state index contributed by atoms with van der Waals surface area (Å²) >= 11 is 7.36. The first-order chi connectivity index (χ1) is 13.4. The molecule has 0 radical (unpaired) electrons. The minimum Gasteiger partial charge on any atom is -0.309 e. The lowest BCUT2D eigenvalue weighted by atomic mass is 10.2. The van der Waals surface area contributed by atoms with E-state index in [2.05, 4.69) is 14.9 Å². The van der Waals surface area contributed by atoms with Crippen molar-refractivity contribution in [1.29, 1.82) is 0 Å². The number of fused-ring (bicyclic) bond motifs is 3. The first kappa shape index (κ1) is 19.0. The van der Waals surface area contributed by atoms with Crippen LogP contribution in [0.3, 0.4) is 0 Å². The second kappa shape index (κ2) is 7.58. The molecule has 0 saturated heterocycles. The van der Waals surface area contributed by atoms with Crippen LogP contribution in [0.15, 0.2) is 35.4 Å². The third-order valence-corrected chi connectivity index (χ3v) is 5.91. The molecule has 0 N–H and O–H groups in total. The smallest absolute Gasteiger partial charge is 0.271 e. The van der Waals surface area contributed by atoms with Gasteiger partial charge in [-0.15, -0.1) is 11.3 Å². The van der Waals surface area contributed by atoms with Crippen LogP contribution in [0, 0.1) is 6.92 Å². The van der Waals surface area contributed by atoms with Crippen LogP contribution in [-0.4, -0.2) is 45.1 Å². The Bertz CT molecular complexity index is 1210. The largest absolute Gasteiger partial charge is 0.309 e. The number of halogens is 1. The number of hydrogen-bond acceptors (Lipinski definition) is 6. The highest BCUT2D eigenvalue weighted by Gasteiger charge is 2.17. The van der Waals surface area contributed by atoms with E-state index < -0.39 is 0 Å². The first-order valence-electron chi connectivity index (χ1n) is 9.01. The van der Waals surface area contributed by atoms with Gasteiger partial charge >= 0.3 is 0 Å². The third kappa shape index (κ3) is 3.53. The molecule has 1 aromatic carbocycles. The maximum absolute atomic E-state index is 12.9. The van der Waals surface area contributed by atoms with E-state index in [1.165, 1.54) is 11.3 Å². The van der Waals surface area contributed by atoms with Crippen molar-refractivity contribution in [3.05, 3.63) is 51.7 Å². The zero-order valence-corrected chi connectivity index (χ0v) is 17.5. The highest BCUT2D eigenvalue weighted by Crippen LogP contribution is 2.32. The number of benzene rings is 1. The summed E-state index contributed by atoms with van der Waals surface area (Å²) in [7, 11) is 4.05. The normalized spacial score (nSPS) is 11.8. The zero-order chi connectivity index (χ0) is 19.8. The zero-order valence-electron chi connectivity index (χ0n) is 15.9. The molecule has 144 valence electrons. The average Bonchev–Trinajstić information content (AvgIpc) is 3.04. The molecule has 8 heteroatoms. The second-order valence-corrected chi connectivity index (χ2v) is 8.43. The standard InChI is InChI=1S/C20H20ClN5OS/c1-12-15-16-17(20(27)26(11-22-16)10-4-9-25(2)3)28-19(15)24-18(23-12)13-5-7-14(21)8-6-13/h5-8,11H,4,9-10H2,1-3H3. The Hall–Kier alpha value is -2.35. The predicted molar refractivity (Wildman–Crippen MR) is 115 cm³/mol. The number of hydrogen-bond donors (Lipinski definition) is 0. The first-order valence-corrected chi connectivity index (χ1v) is 10.2. The van der Waals surface area contributed by atoms with Crippen molar-refractivity contribution in [2.75, 3.05) is 20.6 Å². The Morgan fingerprint density at radius 2 is 1.93 bits per heavy atom. The summed E-state index contributed by atoms with van der Waals surface area (Å²) in [6, 6.07) is 7.43. The van der Waals surface area contributed by atoms with Gasteiger partial charge in [-0.05, 0) is 58.3 Å². The van der Waals surface area contributed by atoms with Crippen molar-refractivity contribution in [1.82, 2.24) is 24.4 Å². The number of thiophene rings is 1. The van der Waals surface area contributed by atoms with Crippen LogP contribution in [0.5, 0.6) is 0 Å². The van der Waals surface area contributed by atoms with E-state index >= 15 is 0 Å². The molecular formula is C20H20ClN5OS. The minimum atomic E-state index is -0.0146. The Morgan fingerprint density at radius 3 is 2.64 bits per heavy atom. The van der Waals surface area contributed by atoms with Gasteiger partial charge in [0.15, 0.2) is 5.82 Å². The van der Waals surface area contributed by atoms with Gasteiger partial charge in [-0.3, -0.25) is 9.36 Å². The second-order valence-electron chi connectivity index (χ2n) is 7.00. The lowest BCUT2D eigenvalue weighted by Gasteiger charge is -2.10. The Kier molecular flexibility index (Phi) is 5.14. The third-order valence-electron chi connectivity index (χ3n) is 4.60. The van der Waals surface area contributed by atoms with E-state index in [0.717, 1.165) is 34.4 Å². The van der Waals surface area contributed by atoms with Crippen molar-refractivity contribution in [3.63, 3.8) is 0 Å². The van der Waals surface area contributed by atoms with Gasteiger partial charge in [-0.1, -0.05) is 11.6 Å². The van der Waals surface area contributed by atoms with Gasteiger partial charge in [-0.2, -0.15) is 0 Å². The van der Waals surface area contributed by atoms with Crippen molar-refractivity contribution >= 4 is 43.4 Å². The lowest BCUT2D eigenvalue weighted by molar-refractivity contribution is 0.384. The van der Waals surface area contributed by atoms with E-state index in [1.54, 1.807) is 10.9 Å². The van der Waals surface area contributed by atoms with Crippen LogP contribution >= 0.6 is 22.9 Å². The number of aryl methyl sites for hydroxylation is 2. The fraction of sp³-hybridized carbons (Fsp3) is 0.300. The summed E-state index contributed by atoms with van der Waals surface area (Å²) in [6.45, 7) is 3.50. The topological polar surface area (TPSA) is 63.9 Å². The molecule has 0 aliphatic rings. The molecule has 0 amide bonds. The van der Waals surface area contributed by atoms with Crippen LogP contribution in [-0.2, 0) is 6.54 Å². The summed E-state index contributed by atoms with van der Waals surface area (Å²) in [5.74, 6) is 0.625. The van der Waals surface area contributed by atoms with Gasteiger partial charge in [0.25, 0.3) is 5.56 Å². The van der Waals surface area contributed by atoms with Crippen LogP contribution in [0.4, 0.5) is 0 Å². The lowest BCUT2D eigenvalue weighted by Crippen LogP contribution is -2.22. The summed E-state index contributed by atoms with van der Waals surface area (Å²) in [6.07, 6.45) is 2.53. The van der Waals surface area contributed by atoms with Gasteiger partial charge in [0, 0.05) is 17.1 Å². The number of nitrogens with zero attached hydrogens (tertiary/aromatic N) is 5. The van der Waals surface area contributed by atoms with Crippen LogP contribution in [0.1, 0.15) is 12.1 Å². The molecule has 0 aliphatic carbocycles. The Labute approximate surface area is 171 Å². The molecule has 6 nitrogen and oxygen atoms in total. The molecule has 3 aromatic heterocycles. The summed E-state index contributed by atoms with van der Waals surface area (Å²) in [4.78, 5) is 29.7. The van der Waals surface area contributed by atoms with E-state index in [9.17, 15) is 4.79 Å². The van der Waals surface area contributed by atoms with Gasteiger partial charge in [0.2, 0.25) is 0 Å². The number of rotatable bonds is 5. The van der Waals surface area contributed by atoms with E-state index in [4.69, 9.17) is 16.6 Å². The molecule has 0 bridgehead atoms. The fourth-order valence-corrected chi connectivity index (χ4v) is 4.43. The summed E-state index contributed by atoms with van der Waals surface area (Å²) < 4.78 is 2.32.